The van der Waals surface area contributed by atoms with Crippen molar-refractivity contribution >= 4 is 56.8 Å². The second-order valence-corrected chi connectivity index (χ2v) is 6.19. The van der Waals surface area contributed by atoms with Gasteiger partial charge in [0.1, 0.15) is 17.1 Å². The molecule has 2 amide bonds. The van der Waals surface area contributed by atoms with Crippen molar-refractivity contribution in [3.05, 3.63) is 52.4 Å². The standard InChI is InChI=1S/C17H13BrN2O4S/c1-2-23-11-5-3-10(4-6-11)20-16(22)13(15(21)19-17(20)25)9-12-7-8-14(18)24-12/h3-9H,2H2,1H3,(H,19,21,25). The molecule has 1 aliphatic rings. The van der Waals surface area contributed by atoms with Crippen LogP contribution in [-0.2, 0) is 9.59 Å². The Kier molecular flexibility index (Phi) is 5.00. The number of anilines is 1. The van der Waals surface area contributed by atoms with Crippen molar-refractivity contribution < 1.29 is 18.7 Å². The van der Waals surface area contributed by atoms with E-state index >= 15 is 0 Å². The van der Waals surface area contributed by atoms with Crippen molar-refractivity contribution in [2.45, 2.75) is 6.92 Å². The third-order valence-corrected chi connectivity index (χ3v) is 4.10. The first-order chi connectivity index (χ1) is 12.0. The lowest BCUT2D eigenvalue weighted by Crippen LogP contribution is -2.54. The maximum Gasteiger partial charge on any atom is 0.270 e. The molecule has 0 saturated carbocycles. The molecule has 0 spiro atoms. The molecule has 1 aliphatic heterocycles. The fourth-order valence-corrected chi connectivity index (χ4v) is 2.90. The fourth-order valence-electron chi connectivity index (χ4n) is 2.30. The molecule has 6 nitrogen and oxygen atoms in total. The third-order valence-electron chi connectivity index (χ3n) is 3.39. The molecule has 3 rings (SSSR count). The summed E-state index contributed by atoms with van der Waals surface area (Å²) < 4.78 is 11.2. The Hall–Kier alpha value is -2.45. The summed E-state index contributed by atoms with van der Waals surface area (Å²) in [5.41, 5.74) is 0.467. The number of benzene rings is 1. The van der Waals surface area contributed by atoms with Crippen LogP contribution in [0, 0.1) is 0 Å². The summed E-state index contributed by atoms with van der Waals surface area (Å²) >= 11 is 8.33. The number of thiocarbonyl (C=S) groups is 1. The average Bonchev–Trinajstić information content (AvgIpc) is 2.98. The molecule has 1 N–H and O–H groups in total. The highest BCUT2D eigenvalue weighted by atomic mass is 79.9. The van der Waals surface area contributed by atoms with Gasteiger partial charge in [-0.05, 0) is 77.5 Å². The van der Waals surface area contributed by atoms with E-state index in [2.05, 4.69) is 21.2 Å². The third kappa shape index (κ3) is 3.64. The number of ether oxygens (including phenoxy) is 1. The number of halogens is 1. The van der Waals surface area contributed by atoms with Crippen LogP contribution < -0.4 is 15.0 Å². The van der Waals surface area contributed by atoms with Gasteiger partial charge >= 0.3 is 0 Å². The van der Waals surface area contributed by atoms with Crippen molar-refractivity contribution in [2.75, 3.05) is 11.5 Å². The number of carbonyl (C=O) groups excluding carboxylic acids is 2. The predicted octanol–water partition coefficient (Wildman–Crippen LogP) is 3.27. The first-order valence-electron chi connectivity index (χ1n) is 7.39. The van der Waals surface area contributed by atoms with Gasteiger partial charge in [0.25, 0.3) is 11.8 Å². The Morgan fingerprint density at radius 1 is 1.24 bits per heavy atom. The second-order valence-electron chi connectivity index (χ2n) is 5.03. The van der Waals surface area contributed by atoms with Crippen LogP contribution in [0.15, 0.2) is 51.1 Å². The molecule has 128 valence electrons. The molecule has 0 aliphatic carbocycles. The Morgan fingerprint density at radius 2 is 1.96 bits per heavy atom. The Labute approximate surface area is 157 Å². The van der Waals surface area contributed by atoms with E-state index in [9.17, 15) is 9.59 Å². The van der Waals surface area contributed by atoms with E-state index in [1.807, 2.05) is 6.92 Å². The monoisotopic (exact) mass is 420 g/mol. The van der Waals surface area contributed by atoms with Crippen LogP contribution in [0.2, 0.25) is 0 Å². The molecular weight excluding hydrogens is 408 g/mol. The normalized spacial score (nSPS) is 16.3. The summed E-state index contributed by atoms with van der Waals surface area (Å²) in [6.45, 7) is 2.43. The van der Waals surface area contributed by atoms with Crippen LogP contribution in [0.3, 0.4) is 0 Å². The number of hydrogen-bond donors (Lipinski definition) is 1. The summed E-state index contributed by atoms with van der Waals surface area (Å²) in [5.74, 6) is -0.0261. The van der Waals surface area contributed by atoms with E-state index in [1.165, 1.54) is 11.0 Å². The zero-order valence-electron chi connectivity index (χ0n) is 13.1. The van der Waals surface area contributed by atoms with Crippen molar-refractivity contribution in [3.8, 4) is 5.75 Å². The molecule has 2 aromatic rings. The average molecular weight is 421 g/mol. The van der Waals surface area contributed by atoms with Crippen LogP contribution >= 0.6 is 28.1 Å². The zero-order chi connectivity index (χ0) is 18.0. The lowest BCUT2D eigenvalue weighted by Gasteiger charge is -2.28. The van der Waals surface area contributed by atoms with Crippen molar-refractivity contribution in [3.63, 3.8) is 0 Å². The van der Waals surface area contributed by atoms with E-state index in [4.69, 9.17) is 21.4 Å². The van der Waals surface area contributed by atoms with Crippen LogP contribution in [0.1, 0.15) is 12.7 Å². The number of hydrogen-bond acceptors (Lipinski definition) is 5. The summed E-state index contributed by atoms with van der Waals surface area (Å²) in [4.78, 5) is 26.2. The van der Waals surface area contributed by atoms with Crippen molar-refractivity contribution in [2.24, 2.45) is 0 Å². The topological polar surface area (TPSA) is 71.8 Å². The summed E-state index contributed by atoms with van der Waals surface area (Å²) in [6, 6.07) is 10.2. The highest BCUT2D eigenvalue weighted by Crippen LogP contribution is 2.25. The van der Waals surface area contributed by atoms with E-state index in [0.717, 1.165) is 0 Å². The number of rotatable bonds is 4. The molecule has 0 bridgehead atoms. The molecular formula is C17H13BrN2O4S. The van der Waals surface area contributed by atoms with Gasteiger partial charge in [0, 0.05) is 0 Å². The molecule has 1 aromatic carbocycles. The number of carbonyl (C=O) groups is 2. The summed E-state index contributed by atoms with van der Waals surface area (Å²) in [7, 11) is 0. The quantitative estimate of drug-likeness (QED) is 0.466. The van der Waals surface area contributed by atoms with Crippen molar-refractivity contribution in [1.29, 1.82) is 0 Å². The first kappa shape index (κ1) is 17.4. The molecule has 1 aromatic heterocycles. The molecule has 0 radical (unpaired) electrons. The van der Waals surface area contributed by atoms with Crippen LogP contribution in [0.4, 0.5) is 5.69 Å². The Balaban J connectivity index is 1.93. The van der Waals surface area contributed by atoms with Gasteiger partial charge in [-0.1, -0.05) is 0 Å². The van der Waals surface area contributed by atoms with Gasteiger partial charge in [-0.2, -0.15) is 0 Å². The van der Waals surface area contributed by atoms with Crippen LogP contribution in [0.25, 0.3) is 6.08 Å². The van der Waals surface area contributed by atoms with E-state index in [0.29, 0.717) is 28.5 Å². The molecule has 0 unspecified atom stereocenters. The minimum atomic E-state index is -0.565. The van der Waals surface area contributed by atoms with Gasteiger partial charge in [-0.3, -0.25) is 19.8 Å². The van der Waals surface area contributed by atoms with E-state index in [1.54, 1.807) is 36.4 Å². The van der Waals surface area contributed by atoms with E-state index < -0.39 is 11.8 Å². The summed E-state index contributed by atoms with van der Waals surface area (Å²) in [5, 5.41) is 2.54. The van der Waals surface area contributed by atoms with Gasteiger partial charge in [0.15, 0.2) is 9.78 Å². The number of amides is 2. The molecule has 25 heavy (non-hydrogen) atoms. The van der Waals surface area contributed by atoms with Gasteiger partial charge in [0.05, 0.1) is 12.3 Å². The number of nitrogens with one attached hydrogen (secondary N) is 1. The highest BCUT2D eigenvalue weighted by molar-refractivity contribution is 9.10. The van der Waals surface area contributed by atoms with Gasteiger partial charge in [-0.15, -0.1) is 0 Å². The highest BCUT2D eigenvalue weighted by Gasteiger charge is 2.34. The lowest BCUT2D eigenvalue weighted by molar-refractivity contribution is -0.122. The number of nitrogens with zero attached hydrogens (tertiary/aromatic N) is 1. The van der Waals surface area contributed by atoms with Gasteiger partial charge in [-0.25, -0.2) is 0 Å². The van der Waals surface area contributed by atoms with Crippen LogP contribution in [0.5, 0.6) is 5.75 Å². The SMILES string of the molecule is CCOc1ccc(N2C(=O)C(=Cc3ccc(Br)o3)C(=O)NC2=S)cc1. The number of furan rings is 1. The minimum Gasteiger partial charge on any atom is -0.494 e. The fraction of sp³-hybridized carbons (Fsp3) is 0.118. The van der Waals surface area contributed by atoms with E-state index in [-0.39, 0.29) is 10.7 Å². The second kappa shape index (κ2) is 7.20. The molecule has 0 atom stereocenters. The van der Waals surface area contributed by atoms with Crippen LogP contribution in [-0.4, -0.2) is 23.5 Å². The van der Waals surface area contributed by atoms with Crippen molar-refractivity contribution in [1.82, 2.24) is 5.32 Å². The smallest absolute Gasteiger partial charge is 0.270 e. The maximum absolute atomic E-state index is 12.8. The van der Waals surface area contributed by atoms with Gasteiger partial charge in [0.2, 0.25) is 0 Å². The maximum atomic E-state index is 12.8. The molecule has 1 saturated heterocycles. The lowest BCUT2D eigenvalue weighted by atomic mass is 10.1. The largest absolute Gasteiger partial charge is 0.494 e. The Morgan fingerprint density at radius 3 is 2.56 bits per heavy atom. The Bertz CT molecular complexity index is 873. The zero-order valence-corrected chi connectivity index (χ0v) is 15.5. The first-order valence-corrected chi connectivity index (χ1v) is 8.59. The minimum absolute atomic E-state index is 0.0249. The molecule has 8 heteroatoms. The summed E-state index contributed by atoms with van der Waals surface area (Å²) in [6.07, 6.45) is 1.38. The molecule has 2 heterocycles. The molecule has 1 fully saturated rings. The predicted molar refractivity (Wildman–Crippen MR) is 100 cm³/mol. The van der Waals surface area contributed by atoms with Gasteiger partial charge < -0.3 is 9.15 Å².